The van der Waals surface area contributed by atoms with Crippen molar-refractivity contribution >= 4 is 14.1 Å². The molecule has 86 valence electrons. The number of hydrogen-bond donors (Lipinski definition) is 2. The van der Waals surface area contributed by atoms with E-state index in [1.54, 1.807) is 30.3 Å². The quantitative estimate of drug-likeness (QED) is 0.573. The molecule has 0 spiro atoms. The van der Waals surface area contributed by atoms with Crippen molar-refractivity contribution in [3.05, 3.63) is 41.1 Å². The van der Waals surface area contributed by atoms with Crippen molar-refractivity contribution in [2.75, 3.05) is 0 Å². The van der Waals surface area contributed by atoms with Crippen LogP contribution in [0, 0.1) is 5.21 Å². The Morgan fingerprint density at radius 3 is 2.44 bits per heavy atom. The third-order valence-electron chi connectivity index (χ3n) is 1.99. The molecule has 0 bridgehead atoms. The molecule has 2 unspecified atom stereocenters. The number of hydrogen-bond acceptors (Lipinski definition) is 3. The van der Waals surface area contributed by atoms with E-state index in [9.17, 15) is 14.9 Å². The molecule has 0 radical (unpaired) electrons. The molecule has 1 aromatic rings. The maximum absolute atomic E-state index is 11.1. The number of hydroxylamine groups is 1. The van der Waals surface area contributed by atoms with Crippen molar-refractivity contribution in [2.24, 2.45) is 0 Å². The van der Waals surface area contributed by atoms with Gasteiger partial charge < -0.3 is 15.2 Å². The largest absolute Gasteiger partial charge is 0.548 e. The van der Waals surface area contributed by atoms with Gasteiger partial charge in [0.15, 0.2) is 0 Å². The molecule has 0 saturated carbocycles. The second-order valence-corrected chi connectivity index (χ2v) is 4.00. The lowest BCUT2D eigenvalue weighted by atomic mass is 10.1. The monoisotopic (exact) mass is 243 g/mol. The zero-order valence-electron chi connectivity index (χ0n) is 8.18. The summed E-state index contributed by atoms with van der Waals surface area (Å²) in [5, 5.41) is 19.9. The van der Waals surface area contributed by atoms with E-state index in [1.807, 2.05) is 0 Å². The fourth-order valence-corrected chi connectivity index (χ4v) is 1.64. The lowest BCUT2D eigenvalue weighted by molar-refractivity contribution is -0.493. The summed E-state index contributed by atoms with van der Waals surface area (Å²) < 4.78 is -0.301. The lowest BCUT2D eigenvalue weighted by Gasteiger charge is -2.08. The normalized spacial score (nSPS) is 14.2. The van der Waals surface area contributed by atoms with Gasteiger partial charge in [-0.25, -0.2) is 4.79 Å². The van der Waals surface area contributed by atoms with Crippen molar-refractivity contribution in [1.29, 1.82) is 0 Å². The topological polar surface area (TPSA) is 107 Å². The smallest absolute Gasteiger partial charge is 0.506 e. The lowest BCUT2D eigenvalue weighted by Crippen LogP contribution is -2.32. The second kappa shape index (κ2) is 5.67. The van der Waals surface area contributed by atoms with Gasteiger partial charge in [0.2, 0.25) is 0 Å². The predicted octanol–water partition coefficient (Wildman–Crippen LogP) is 0.0407. The Morgan fingerprint density at radius 2 is 2.00 bits per heavy atom. The predicted molar refractivity (Wildman–Crippen MR) is 54.3 cm³/mol. The Bertz CT molecular complexity index is 402. The van der Waals surface area contributed by atoms with Gasteiger partial charge in [0.1, 0.15) is 0 Å². The van der Waals surface area contributed by atoms with Crippen molar-refractivity contribution in [3.63, 3.8) is 0 Å². The highest BCUT2D eigenvalue weighted by molar-refractivity contribution is 7.29. The summed E-state index contributed by atoms with van der Waals surface area (Å²) in [4.78, 5) is 29.9. The van der Waals surface area contributed by atoms with E-state index >= 15 is 0 Å². The van der Waals surface area contributed by atoms with Crippen LogP contribution >= 0.6 is 8.17 Å². The summed E-state index contributed by atoms with van der Waals surface area (Å²) in [5.41, 5.74) is 0.618. The maximum Gasteiger partial charge on any atom is 0.506 e. The van der Waals surface area contributed by atoms with Crippen LogP contribution in [-0.4, -0.2) is 26.5 Å². The van der Waals surface area contributed by atoms with Crippen LogP contribution in [-0.2, 0) is 11.2 Å². The minimum Gasteiger partial charge on any atom is -0.548 e. The van der Waals surface area contributed by atoms with Gasteiger partial charge in [0.05, 0.1) is 6.42 Å². The number of carbonyl (C=O) groups is 1. The van der Waals surface area contributed by atoms with E-state index in [2.05, 4.69) is 0 Å². The van der Waals surface area contributed by atoms with Gasteiger partial charge in [-0.05, 0) is 5.56 Å². The number of rotatable bonds is 4. The van der Waals surface area contributed by atoms with Gasteiger partial charge in [-0.1, -0.05) is 34.8 Å². The van der Waals surface area contributed by atoms with Gasteiger partial charge in [0.25, 0.3) is 6.04 Å². The molecule has 2 atom stereocenters. The van der Waals surface area contributed by atoms with E-state index in [-0.39, 0.29) is 10.9 Å². The number of benzene rings is 1. The van der Waals surface area contributed by atoms with Crippen molar-refractivity contribution in [3.8, 4) is 0 Å². The van der Waals surface area contributed by atoms with E-state index < -0.39 is 20.2 Å². The Balaban J connectivity index is 2.90. The SMILES string of the molecule is O=C(O)C(Cc1ccccc1)[N+]([O-])=[P+]([O-])O. The van der Waals surface area contributed by atoms with E-state index in [0.29, 0.717) is 5.56 Å². The molecule has 0 aliphatic rings. The van der Waals surface area contributed by atoms with Crippen LogP contribution in [0.2, 0.25) is 0 Å². The highest BCUT2D eigenvalue weighted by atomic mass is 31.1. The first-order valence-electron chi connectivity index (χ1n) is 4.41. The molecule has 6 nitrogen and oxygen atoms in total. The molecule has 1 rings (SSSR count). The van der Waals surface area contributed by atoms with Crippen LogP contribution in [0.5, 0.6) is 0 Å². The summed E-state index contributed by atoms with van der Waals surface area (Å²) in [7, 11) is -3.18. The third kappa shape index (κ3) is 3.36. The molecule has 0 heterocycles. The molecule has 7 heteroatoms. The van der Waals surface area contributed by atoms with Crippen molar-refractivity contribution < 1.29 is 24.2 Å². The first-order valence-corrected chi connectivity index (χ1v) is 5.58. The number of aliphatic carboxylic acids is 1. The first-order chi connectivity index (χ1) is 7.52. The third-order valence-corrected chi connectivity index (χ3v) is 2.61. The van der Waals surface area contributed by atoms with E-state index in [0.717, 1.165) is 0 Å². The molecule has 2 N–H and O–H groups in total. The number of carboxylic acids is 1. The Kier molecular flexibility index (Phi) is 4.52. The van der Waals surface area contributed by atoms with Crippen LogP contribution in [0.1, 0.15) is 5.56 Å². The van der Waals surface area contributed by atoms with Crippen LogP contribution in [0.15, 0.2) is 30.3 Å². The molecular weight excluding hydrogens is 233 g/mol. The van der Waals surface area contributed by atoms with Gasteiger partial charge in [0, 0.05) is 0 Å². The van der Waals surface area contributed by atoms with Crippen LogP contribution in [0.3, 0.4) is 0 Å². The minimum absolute atomic E-state index is 0.110. The number of nitrogens with zero attached hydrogens (tertiary/aromatic N) is 1. The van der Waals surface area contributed by atoms with Crippen LogP contribution in [0.25, 0.3) is 0 Å². The minimum atomic E-state index is -3.18. The summed E-state index contributed by atoms with van der Waals surface area (Å²) in [6.07, 6.45) is -0.110. The van der Waals surface area contributed by atoms with E-state index in [4.69, 9.17) is 10.00 Å². The molecule has 0 aliphatic heterocycles. The summed E-state index contributed by atoms with van der Waals surface area (Å²) in [5.74, 6) is -1.42. The van der Waals surface area contributed by atoms with Crippen LogP contribution in [0.4, 0.5) is 0 Å². The fourth-order valence-electron chi connectivity index (χ4n) is 1.22. The van der Waals surface area contributed by atoms with Gasteiger partial charge in [-0.3, -0.25) is 0 Å². The highest BCUT2D eigenvalue weighted by Crippen LogP contribution is 2.13. The zero-order valence-corrected chi connectivity index (χ0v) is 9.08. The van der Waals surface area contributed by atoms with E-state index in [1.165, 1.54) is 0 Å². The molecule has 1 aromatic carbocycles. The van der Waals surface area contributed by atoms with Gasteiger partial charge in [-0.2, -0.15) is 0 Å². The maximum atomic E-state index is 11.1. The summed E-state index contributed by atoms with van der Waals surface area (Å²) in [6, 6.07) is 6.89. The average molecular weight is 243 g/mol. The van der Waals surface area contributed by atoms with Crippen molar-refractivity contribution in [1.82, 2.24) is 0 Å². The molecule has 0 fully saturated rings. The second-order valence-electron chi connectivity index (χ2n) is 3.10. The molecule has 0 aromatic heterocycles. The molecule has 0 aliphatic carbocycles. The molecular formula is C9H10NO5P. The standard InChI is InChI=1S/C9H10NO5P/c11-9(12)8(10(13)16(14)15)6-7-4-2-1-3-5-7/h1-5,8H,6H2,(H,11,12)(H,14,15). The molecule has 0 saturated heterocycles. The Morgan fingerprint density at radius 1 is 1.44 bits per heavy atom. The van der Waals surface area contributed by atoms with Crippen LogP contribution < -0.4 is 4.89 Å². The fraction of sp³-hybridized carbons (Fsp3) is 0.222. The average Bonchev–Trinajstić information content (AvgIpc) is 2.26. The van der Waals surface area contributed by atoms with Gasteiger partial charge in [-0.15, -0.1) is 4.89 Å². The molecule has 0 amide bonds. The highest BCUT2D eigenvalue weighted by Gasteiger charge is 2.30. The number of carboxylic acid groups (broad SMARTS) is 1. The Hall–Kier alpha value is -1.33. The first kappa shape index (κ1) is 12.7. The Labute approximate surface area is 92.6 Å². The van der Waals surface area contributed by atoms with Gasteiger partial charge >= 0.3 is 14.1 Å². The zero-order chi connectivity index (χ0) is 12.1. The van der Waals surface area contributed by atoms with Crippen molar-refractivity contribution in [2.45, 2.75) is 12.5 Å². The summed E-state index contributed by atoms with van der Waals surface area (Å²) in [6.45, 7) is 0. The summed E-state index contributed by atoms with van der Waals surface area (Å²) >= 11 is 0. The molecule has 16 heavy (non-hydrogen) atoms.